The van der Waals surface area contributed by atoms with Crippen molar-refractivity contribution in [2.24, 2.45) is 5.73 Å². The number of hydrogen-bond acceptors (Lipinski definition) is 8. The van der Waals surface area contributed by atoms with Gasteiger partial charge in [0.15, 0.2) is 11.2 Å². The predicted octanol–water partition coefficient (Wildman–Crippen LogP) is -1.42. The molecule has 0 saturated carbocycles. The molecule has 136 valence electrons. The maximum atomic E-state index is 14.0. The van der Waals surface area contributed by atoms with Crippen molar-refractivity contribution in [1.29, 1.82) is 0 Å². The van der Waals surface area contributed by atoms with E-state index >= 15 is 0 Å². The Morgan fingerprint density at radius 2 is 2.20 bits per heavy atom. The number of aromatic amines is 1. The highest BCUT2D eigenvalue weighted by Crippen LogP contribution is 2.43. The quantitative estimate of drug-likeness (QED) is 0.509. The maximum Gasteiger partial charge on any atom is 0.281 e. The van der Waals surface area contributed by atoms with E-state index in [9.17, 15) is 24.2 Å². The van der Waals surface area contributed by atoms with E-state index in [1.807, 2.05) is 0 Å². The Labute approximate surface area is 144 Å². The molecular weight excluding hydrogens is 355 g/mol. The van der Waals surface area contributed by atoms with Gasteiger partial charge < -0.3 is 20.9 Å². The van der Waals surface area contributed by atoms with Gasteiger partial charge in [-0.2, -0.15) is 0 Å². The molecule has 1 saturated heterocycles. The normalized spacial score (nSPS) is 27.1. The van der Waals surface area contributed by atoms with Gasteiger partial charge in [-0.05, 0) is 13.8 Å². The van der Waals surface area contributed by atoms with Crippen molar-refractivity contribution >= 4 is 28.8 Å². The van der Waals surface area contributed by atoms with E-state index in [1.165, 1.54) is 13.8 Å². The fourth-order valence-electron chi connectivity index (χ4n) is 2.48. The summed E-state index contributed by atoms with van der Waals surface area (Å²) >= 11 is 0.967. The van der Waals surface area contributed by atoms with Crippen LogP contribution in [0.5, 0.6) is 0 Å². The summed E-state index contributed by atoms with van der Waals surface area (Å²) in [4.78, 5) is 30.5. The van der Waals surface area contributed by atoms with Gasteiger partial charge in [0.2, 0.25) is 5.91 Å². The molecule has 0 spiro atoms. The minimum Gasteiger partial charge on any atom is -0.395 e. The lowest BCUT2D eigenvalue weighted by Gasteiger charge is -2.19. The second kappa shape index (κ2) is 6.04. The third kappa shape index (κ3) is 2.69. The summed E-state index contributed by atoms with van der Waals surface area (Å²) in [7, 11) is 0. The maximum absolute atomic E-state index is 14.0. The Bertz CT molecular complexity index is 883. The molecule has 25 heavy (non-hydrogen) atoms. The zero-order valence-electron chi connectivity index (χ0n) is 13.4. The van der Waals surface area contributed by atoms with Crippen LogP contribution in [0.25, 0.3) is 11.2 Å². The summed E-state index contributed by atoms with van der Waals surface area (Å²) in [6.45, 7) is 2.53. The van der Waals surface area contributed by atoms with Gasteiger partial charge in [-0.25, -0.2) is 14.1 Å². The summed E-state index contributed by atoms with van der Waals surface area (Å²) in [5.74, 6) is -0.692. The molecule has 3 rings (SSSR count). The minimum atomic E-state index is -1.66. The summed E-state index contributed by atoms with van der Waals surface area (Å²) in [6.07, 6.45) is -3.12. The molecule has 10 nitrogen and oxygen atoms in total. The van der Waals surface area contributed by atoms with Gasteiger partial charge in [0, 0.05) is 0 Å². The Morgan fingerprint density at radius 1 is 1.52 bits per heavy atom. The number of carbonyl (C=O) groups excluding carboxylic acids is 1. The zero-order valence-corrected chi connectivity index (χ0v) is 14.2. The highest BCUT2D eigenvalue weighted by Gasteiger charge is 2.46. The van der Waals surface area contributed by atoms with Crippen LogP contribution in [0.4, 0.5) is 4.39 Å². The first kappa shape index (κ1) is 17.8. The van der Waals surface area contributed by atoms with Gasteiger partial charge in [-0.1, -0.05) is 5.21 Å². The first-order valence-electron chi connectivity index (χ1n) is 7.42. The topological polar surface area (TPSA) is 160 Å². The number of nitrogens with zero attached hydrogens (tertiary/aromatic N) is 4. The molecule has 0 aliphatic carbocycles. The van der Waals surface area contributed by atoms with Crippen molar-refractivity contribution < 1.29 is 19.4 Å². The Hall–Kier alpha value is -2.05. The van der Waals surface area contributed by atoms with Crippen LogP contribution in [0.3, 0.4) is 0 Å². The standard InChI is InChI=1S/C13H17FN6O4S/c1-13(2,11(15)24)12-16-8-6(9(23)17-12)18-19-20(8)10-7(22)5(14)4(3-21)25-10/h4-5,7,10,21-22H,3H2,1-2H3,(H2,15,24)(H,16,17,23)/t4-,5-,7-,10-/m1/s1. The molecule has 0 bridgehead atoms. The molecule has 0 radical (unpaired) electrons. The van der Waals surface area contributed by atoms with Gasteiger partial charge in [-0.15, -0.1) is 16.9 Å². The predicted molar refractivity (Wildman–Crippen MR) is 86.6 cm³/mol. The average molecular weight is 372 g/mol. The SMILES string of the molecule is CC(C)(C(N)=O)c1nc2c(nnn2[C@@H]2S[C@H](CO)[C@@H](F)[C@H]2O)c(=O)[nH]1. The van der Waals surface area contributed by atoms with Crippen LogP contribution < -0.4 is 11.3 Å². The highest BCUT2D eigenvalue weighted by atomic mass is 32.2. The molecule has 1 fully saturated rings. The second-order valence-electron chi connectivity index (χ2n) is 6.29. The van der Waals surface area contributed by atoms with E-state index < -0.39 is 46.4 Å². The van der Waals surface area contributed by atoms with E-state index in [2.05, 4.69) is 20.3 Å². The summed E-state index contributed by atoms with van der Waals surface area (Å²) in [6, 6.07) is 0. The zero-order chi connectivity index (χ0) is 18.5. The number of alkyl halides is 1. The van der Waals surface area contributed by atoms with Crippen molar-refractivity contribution in [3.63, 3.8) is 0 Å². The summed E-state index contributed by atoms with van der Waals surface area (Å²) in [5.41, 5.74) is 3.34. The van der Waals surface area contributed by atoms with Crippen LogP contribution in [-0.4, -0.2) is 65.2 Å². The first-order valence-corrected chi connectivity index (χ1v) is 8.36. The van der Waals surface area contributed by atoms with Gasteiger partial charge >= 0.3 is 0 Å². The monoisotopic (exact) mass is 372 g/mol. The van der Waals surface area contributed by atoms with Crippen molar-refractivity contribution in [2.75, 3.05) is 6.61 Å². The number of nitrogens with two attached hydrogens (primary N) is 1. The van der Waals surface area contributed by atoms with Gasteiger partial charge in [0.1, 0.15) is 28.9 Å². The number of rotatable bonds is 4. The Kier molecular flexibility index (Phi) is 4.29. The summed E-state index contributed by atoms with van der Waals surface area (Å²) in [5, 5.41) is 25.1. The van der Waals surface area contributed by atoms with Crippen molar-refractivity contribution in [3.05, 3.63) is 16.2 Å². The molecule has 0 unspecified atom stereocenters. The number of primary amides is 1. The molecule has 1 aliphatic heterocycles. The van der Waals surface area contributed by atoms with E-state index in [1.54, 1.807) is 0 Å². The van der Waals surface area contributed by atoms with Crippen molar-refractivity contribution in [2.45, 2.75) is 42.2 Å². The molecule has 4 atom stereocenters. The van der Waals surface area contributed by atoms with E-state index in [0.29, 0.717) is 0 Å². The van der Waals surface area contributed by atoms with Crippen molar-refractivity contribution in [3.8, 4) is 0 Å². The number of nitrogens with one attached hydrogen (secondary N) is 1. The molecular formula is C13H17FN6O4S. The summed E-state index contributed by atoms with van der Waals surface area (Å²) < 4.78 is 15.2. The molecule has 2 aromatic heterocycles. The molecule has 1 amide bonds. The Morgan fingerprint density at radius 3 is 2.76 bits per heavy atom. The molecule has 12 heteroatoms. The molecule has 1 aliphatic rings. The number of thioether (sulfide) groups is 1. The number of fused-ring (bicyclic) bond motifs is 1. The van der Waals surface area contributed by atoms with Crippen LogP contribution in [0.2, 0.25) is 0 Å². The van der Waals surface area contributed by atoms with Crippen LogP contribution in [-0.2, 0) is 10.2 Å². The smallest absolute Gasteiger partial charge is 0.281 e. The van der Waals surface area contributed by atoms with E-state index in [0.717, 1.165) is 16.4 Å². The number of aromatic nitrogens is 5. The molecule has 0 aromatic carbocycles. The average Bonchev–Trinajstić information content (AvgIpc) is 3.10. The molecule has 3 heterocycles. The lowest BCUT2D eigenvalue weighted by molar-refractivity contribution is -0.122. The first-order chi connectivity index (χ1) is 11.7. The number of hydrogen-bond donors (Lipinski definition) is 4. The van der Waals surface area contributed by atoms with Gasteiger partial charge in [-0.3, -0.25) is 9.59 Å². The van der Waals surface area contributed by atoms with Crippen LogP contribution >= 0.6 is 11.8 Å². The largest absolute Gasteiger partial charge is 0.395 e. The van der Waals surface area contributed by atoms with Crippen LogP contribution in [0, 0.1) is 0 Å². The van der Waals surface area contributed by atoms with Crippen molar-refractivity contribution in [1.82, 2.24) is 25.0 Å². The number of amides is 1. The lowest BCUT2D eigenvalue weighted by Crippen LogP contribution is -2.38. The second-order valence-corrected chi connectivity index (χ2v) is 7.65. The Balaban J connectivity index is 2.14. The van der Waals surface area contributed by atoms with Gasteiger partial charge in [0.05, 0.1) is 11.9 Å². The minimum absolute atomic E-state index is 0.00425. The third-order valence-electron chi connectivity index (χ3n) is 4.25. The highest BCUT2D eigenvalue weighted by molar-refractivity contribution is 8.00. The number of aliphatic hydroxyl groups is 2. The number of H-pyrrole nitrogens is 1. The molecule has 5 N–H and O–H groups in total. The lowest BCUT2D eigenvalue weighted by atomic mass is 9.91. The number of aliphatic hydroxyl groups excluding tert-OH is 2. The van der Waals surface area contributed by atoms with Crippen LogP contribution in [0.1, 0.15) is 25.0 Å². The number of carbonyl (C=O) groups is 1. The number of halogens is 1. The van der Waals surface area contributed by atoms with E-state index in [4.69, 9.17) is 5.73 Å². The fourth-order valence-corrected chi connectivity index (χ4v) is 3.81. The third-order valence-corrected chi connectivity index (χ3v) is 5.77. The van der Waals surface area contributed by atoms with Crippen LogP contribution in [0.15, 0.2) is 4.79 Å². The fraction of sp³-hybridized carbons (Fsp3) is 0.615. The van der Waals surface area contributed by atoms with E-state index in [-0.39, 0.29) is 17.0 Å². The van der Waals surface area contributed by atoms with Gasteiger partial charge in [0.25, 0.3) is 5.56 Å². The molecule has 2 aromatic rings.